The molecule has 0 radical (unpaired) electrons. The number of benzene rings is 2. The molecule has 1 unspecified atom stereocenters. The van der Waals surface area contributed by atoms with Crippen LogP contribution in [0.2, 0.25) is 0 Å². The monoisotopic (exact) mass is 380 g/mol. The number of hydrogen-bond donors (Lipinski definition) is 1. The second-order valence-electron chi connectivity index (χ2n) is 7.46. The van der Waals surface area contributed by atoms with Crippen molar-refractivity contribution in [2.75, 3.05) is 0 Å². The van der Waals surface area contributed by atoms with Crippen molar-refractivity contribution in [3.63, 3.8) is 0 Å². The lowest BCUT2D eigenvalue weighted by molar-refractivity contribution is 0.565. The minimum Gasteiger partial charge on any atom is -0.279 e. The zero-order valence-electron chi connectivity index (χ0n) is 16.1. The number of nitrogens with zero attached hydrogens (tertiary/aromatic N) is 3. The number of H-pyrrole nitrogens is 1. The lowest BCUT2D eigenvalue weighted by Gasteiger charge is -2.08. The minimum atomic E-state index is 0.205. The van der Waals surface area contributed by atoms with Crippen molar-refractivity contribution in [2.45, 2.75) is 32.1 Å². The highest BCUT2D eigenvalue weighted by Crippen LogP contribution is 2.42. The number of pyridine rings is 1. The molecule has 0 aliphatic heterocycles. The molecular weight excluding hydrogens is 360 g/mol. The number of aromatic nitrogens is 3. The number of hydrogen-bond acceptors (Lipinski definition) is 4. The van der Waals surface area contributed by atoms with E-state index >= 15 is 0 Å². The van der Waals surface area contributed by atoms with E-state index in [1.54, 1.807) is 12.3 Å². The van der Waals surface area contributed by atoms with Gasteiger partial charge in [-0.1, -0.05) is 43.3 Å². The number of nitrogens with one attached hydrogen (secondary N) is 1. The van der Waals surface area contributed by atoms with Crippen LogP contribution in [0, 0.1) is 0 Å². The van der Waals surface area contributed by atoms with Gasteiger partial charge in [-0.05, 0) is 53.3 Å². The van der Waals surface area contributed by atoms with E-state index in [0.29, 0.717) is 11.4 Å². The van der Waals surface area contributed by atoms with Crippen molar-refractivity contribution >= 4 is 22.5 Å². The minimum absolute atomic E-state index is 0.205. The predicted octanol–water partition coefficient (Wildman–Crippen LogP) is 5.04. The first-order valence-electron chi connectivity index (χ1n) is 9.89. The van der Waals surface area contributed by atoms with Crippen molar-refractivity contribution in [1.82, 2.24) is 15.2 Å². The van der Waals surface area contributed by atoms with Crippen molar-refractivity contribution in [3.05, 3.63) is 77.2 Å². The fraction of sp³-hybridized carbons (Fsp3) is 0.208. The molecule has 0 amide bonds. The second kappa shape index (κ2) is 7.12. The largest absolute Gasteiger partial charge is 0.279 e. The standard InChI is InChI=1S/C24H20N4O/c1-2-19-12-17(9-10-25-19)22-24(26-14-29)23(28-27-22)18-11-16-8-7-15-5-3-4-6-20(15)21(16)13-18/h3-10,12,18H,2,11,13H2,1H3,(H,27,28). The summed E-state index contributed by atoms with van der Waals surface area (Å²) in [5.41, 5.74) is 6.79. The Balaban J connectivity index is 1.57. The van der Waals surface area contributed by atoms with Gasteiger partial charge in [-0.25, -0.2) is 4.79 Å². The topological polar surface area (TPSA) is 71.0 Å². The first-order valence-corrected chi connectivity index (χ1v) is 9.89. The summed E-state index contributed by atoms with van der Waals surface area (Å²) in [6, 6.07) is 16.8. The molecule has 5 rings (SSSR count). The fourth-order valence-electron chi connectivity index (χ4n) is 4.41. The van der Waals surface area contributed by atoms with Crippen molar-refractivity contribution in [1.29, 1.82) is 0 Å². The summed E-state index contributed by atoms with van der Waals surface area (Å²) >= 11 is 0. The summed E-state index contributed by atoms with van der Waals surface area (Å²) in [5.74, 6) is 0.205. The fourth-order valence-corrected chi connectivity index (χ4v) is 4.41. The number of aryl methyl sites for hydroxylation is 1. The third kappa shape index (κ3) is 2.96. The number of fused-ring (bicyclic) bond motifs is 3. The number of aromatic amines is 1. The summed E-state index contributed by atoms with van der Waals surface area (Å²) in [7, 11) is 0. The quantitative estimate of drug-likeness (QED) is 0.398. The predicted molar refractivity (Wildman–Crippen MR) is 113 cm³/mol. The third-order valence-corrected chi connectivity index (χ3v) is 5.84. The molecule has 1 N–H and O–H groups in total. The Labute approximate surface area is 168 Å². The highest BCUT2D eigenvalue weighted by molar-refractivity contribution is 5.87. The number of aliphatic imine (C=N–C) groups is 1. The van der Waals surface area contributed by atoms with Gasteiger partial charge in [0.25, 0.3) is 0 Å². The molecule has 1 aliphatic carbocycles. The van der Waals surface area contributed by atoms with E-state index in [2.05, 4.69) is 63.5 Å². The van der Waals surface area contributed by atoms with Gasteiger partial charge in [-0.2, -0.15) is 10.1 Å². The van der Waals surface area contributed by atoms with Crippen LogP contribution in [0.4, 0.5) is 5.69 Å². The van der Waals surface area contributed by atoms with Gasteiger partial charge >= 0.3 is 0 Å². The summed E-state index contributed by atoms with van der Waals surface area (Å²) < 4.78 is 0. The van der Waals surface area contributed by atoms with E-state index in [4.69, 9.17) is 0 Å². The van der Waals surface area contributed by atoms with E-state index in [0.717, 1.165) is 36.2 Å². The van der Waals surface area contributed by atoms with Crippen LogP contribution in [0.3, 0.4) is 0 Å². The van der Waals surface area contributed by atoms with Crippen LogP contribution in [0.15, 0.2) is 59.7 Å². The van der Waals surface area contributed by atoms with E-state index < -0.39 is 0 Å². The van der Waals surface area contributed by atoms with Gasteiger partial charge < -0.3 is 0 Å². The third-order valence-electron chi connectivity index (χ3n) is 5.84. The Morgan fingerprint density at radius 1 is 1.17 bits per heavy atom. The van der Waals surface area contributed by atoms with E-state index in [1.807, 2.05) is 12.1 Å². The summed E-state index contributed by atoms with van der Waals surface area (Å²) in [6.07, 6.45) is 6.13. The van der Waals surface area contributed by atoms with Gasteiger partial charge in [0.15, 0.2) is 0 Å². The van der Waals surface area contributed by atoms with Crippen LogP contribution in [-0.4, -0.2) is 21.3 Å². The molecule has 0 bridgehead atoms. The first-order chi connectivity index (χ1) is 14.3. The highest BCUT2D eigenvalue weighted by atomic mass is 16.1. The zero-order valence-corrected chi connectivity index (χ0v) is 16.1. The molecule has 5 nitrogen and oxygen atoms in total. The van der Waals surface area contributed by atoms with Crippen LogP contribution in [-0.2, 0) is 24.1 Å². The molecule has 2 aromatic heterocycles. The maximum absolute atomic E-state index is 11.2. The van der Waals surface area contributed by atoms with E-state index in [9.17, 15) is 4.79 Å². The molecule has 0 saturated carbocycles. The van der Waals surface area contributed by atoms with Crippen molar-refractivity contribution < 1.29 is 4.79 Å². The molecule has 29 heavy (non-hydrogen) atoms. The Morgan fingerprint density at radius 2 is 2.07 bits per heavy atom. The smallest absolute Gasteiger partial charge is 0.240 e. The SMILES string of the molecule is CCc1cc(-c2n[nH]c(C3Cc4ccc5ccccc5c4C3)c2N=C=O)ccn1. The summed E-state index contributed by atoms with van der Waals surface area (Å²) in [4.78, 5) is 19.6. The van der Waals surface area contributed by atoms with Gasteiger partial charge in [0.05, 0.1) is 5.69 Å². The van der Waals surface area contributed by atoms with Gasteiger partial charge in [-0.15, -0.1) is 0 Å². The molecular formula is C24H20N4O. The normalized spacial score (nSPS) is 15.3. The summed E-state index contributed by atoms with van der Waals surface area (Å²) in [6.45, 7) is 2.06. The Kier molecular flexibility index (Phi) is 4.30. The molecule has 0 spiro atoms. The molecule has 5 heteroatoms. The zero-order chi connectivity index (χ0) is 19.8. The van der Waals surface area contributed by atoms with E-state index in [-0.39, 0.29) is 5.92 Å². The lowest BCUT2D eigenvalue weighted by atomic mass is 9.98. The van der Waals surface area contributed by atoms with Crippen LogP contribution in [0.25, 0.3) is 22.0 Å². The van der Waals surface area contributed by atoms with Crippen LogP contribution in [0.5, 0.6) is 0 Å². The van der Waals surface area contributed by atoms with E-state index in [1.165, 1.54) is 21.9 Å². The number of isocyanates is 1. The molecule has 2 aromatic carbocycles. The molecule has 1 aliphatic rings. The molecule has 2 heterocycles. The highest BCUT2D eigenvalue weighted by Gasteiger charge is 2.29. The van der Waals surface area contributed by atoms with Crippen LogP contribution in [0.1, 0.15) is 35.4 Å². The van der Waals surface area contributed by atoms with Gasteiger partial charge in [-0.3, -0.25) is 10.1 Å². The molecule has 4 aromatic rings. The Hall–Kier alpha value is -3.56. The van der Waals surface area contributed by atoms with Gasteiger partial charge in [0.1, 0.15) is 11.4 Å². The average Bonchev–Trinajstić information content (AvgIpc) is 3.38. The average molecular weight is 380 g/mol. The Morgan fingerprint density at radius 3 is 2.93 bits per heavy atom. The van der Waals surface area contributed by atoms with Gasteiger partial charge in [0, 0.05) is 23.4 Å². The maximum atomic E-state index is 11.2. The van der Waals surface area contributed by atoms with Crippen LogP contribution >= 0.6 is 0 Å². The van der Waals surface area contributed by atoms with Crippen LogP contribution < -0.4 is 0 Å². The maximum Gasteiger partial charge on any atom is 0.240 e. The number of carbonyl (C=O) groups excluding carboxylic acids is 1. The second-order valence-corrected chi connectivity index (χ2v) is 7.46. The molecule has 0 saturated heterocycles. The number of rotatable bonds is 4. The van der Waals surface area contributed by atoms with Crippen molar-refractivity contribution in [3.8, 4) is 11.3 Å². The molecule has 0 fully saturated rings. The molecule has 1 atom stereocenters. The molecule has 142 valence electrons. The first kappa shape index (κ1) is 17.5. The summed E-state index contributed by atoms with van der Waals surface area (Å²) in [5, 5.41) is 10.3. The lowest BCUT2D eigenvalue weighted by Crippen LogP contribution is -1.99. The van der Waals surface area contributed by atoms with Crippen molar-refractivity contribution in [2.24, 2.45) is 4.99 Å². The Bertz CT molecular complexity index is 1270. The van der Waals surface area contributed by atoms with Gasteiger partial charge in [0.2, 0.25) is 6.08 Å².